The van der Waals surface area contributed by atoms with Crippen LogP contribution < -0.4 is 0 Å². The van der Waals surface area contributed by atoms with E-state index in [9.17, 15) is 0 Å². The average molecular weight is 552 g/mol. The minimum atomic E-state index is -0.261. The van der Waals surface area contributed by atoms with E-state index in [1.165, 1.54) is 39.0 Å². The summed E-state index contributed by atoms with van der Waals surface area (Å²) in [6, 6.07) is 53.6. The van der Waals surface area contributed by atoms with E-state index in [0.29, 0.717) is 5.89 Å². The summed E-state index contributed by atoms with van der Waals surface area (Å²) < 4.78 is 6.16. The number of rotatable bonds is 5. The molecule has 0 amide bonds. The lowest BCUT2D eigenvalue weighted by Crippen LogP contribution is -2.18. The normalized spacial score (nSPS) is 15.8. The van der Waals surface area contributed by atoms with Crippen molar-refractivity contribution >= 4 is 16.7 Å². The van der Waals surface area contributed by atoms with Crippen LogP contribution >= 0.6 is 0 Å². The first kappa shape index (κ1) is 25.3. The molecule has 43 heavy (non-hydrogen) atoms. The Morgan fingerprint density at radius 1 is 0.512 bits per heavy atom. The van der Waals surface area contributed by atoms with Gasteiger partial charge in [0.05, 0.1) is 0 Å². The lowest BCUT2D eigenvalue weighted by atomic mass is 9.77. The molecule has 2 nitrogen and oxygen atoms in total. The van der Waals surface area contributed by atoms with Gasteiger partial charge in [0.25, 0.3) is 0 Å². The number of oxazole rings is 1. The molecule has 1 aliphatic rings. The summed E-state index contributed by atoms with van der Waals surface area (Å²) in [6.07, 6.45) is 2.45. The predicted octanol–water partition coefficient (Wildman–Crippen LogP) is 10.6. The summed E-state index contributed by atoms with van der Waals surface area (Å²) in [7, 11) is 0. The van der Waals surface area contributed by atoms with Crippen molar-refractivity contribution in [1.29, 1.82) is 0 Å². The largest absolute Gasteiger partial charge is 0.436 e. The highest BCUT2D eigenvalue weighted by atomic mass is 16.3. The second kappa shape index (κ2) is 10.1. The third kappa shape index (κ3) is 4.31. The Bertz CT molecular complexity index is 2090. The number of benzene rings is 6. The quantitative estimate of drug-likeness (QED) is 0.213. The molecule has 0 saturated carbocycles. The van der Waals surface area contributed by atoms with Crippen LogP contribution in [0.4, 0.5) is 0 Å². The van der Waals surface area contributed by atoms with Gasteiger partial charge in [-0.2, -0.15) is 0 Å². The highest BCUT2D eigenvalue weighted by Gasteiger charge is 2.36. The van der Waals surface area contributed by atoms with Crippen LogP contribution in [0.5, 0.6) is 0 Å². The van der Waals surface area contributed by atoms with Crippen molar-refractivity contribution in [1.82, 2.24) is 4.98 Å². The molecule has 1 atom stereocenters. The van der Waals surface area contributed by atoms with Gasteiger partial charge >= 0.3 is 0 Å². The Labute approximate surface area is 251 Å². The summed E-state index contributed by atoms with van der Waals surface area (Å²) in [6.45, 7) is 2.34. The van der Waals surface area contributed by atoms with Crippen molar-refractivity contribution in [3.63, 3.8) is 0 Å². The van der Waals surface area contributed by atoms with Crippen molar-refractivity contribution in [3.8, 4) is 33.7 Å². The number of hydrogen-bond donors (Lipinski definition) is 0. The Balaban J connectivity index is 1.31. The maximum atomic E-state index is 6.16. The fourth-order valence-electron chi connectivity index (χ4n) is 6.48. The summed E-state index contributed by atoms with van der Waals surface area (Å²) in [5.74, 6) is 0.632. The molecule has 2 heteroatoms. The summed E-state index contributed by atoms with van der Waals surface area (Å²) >= 11 is 0. The van der Waals surface area contributed by atoms with Gasteiger partial charge in [0.2, 0.25) is 5.89 Å². The maximum Gasteiger partial charge on any atom is 0.227 e. The molecule has 0 bridgehead atoms. The number of allylic oxidation sites excluding steroid dienone is 1. The SMILES string of the molecule is CC1(c2ccccc2)C=C(c2ccccc2)c2ccc(-c3ccc(-c4nc5ccccc5o4)cc3-c3ccccc3)cc21. The van der Waals surface area contributed by atoms with E-state index in [1.54, 1.807) is 0 Å². The Morgan fingerprint density at radius 2 is 1.14 bits per heavy atom. The van der Waals surface area contributed by atoms with Gasteiger partial charge in [-0.3, -0.25) is 0 Å². The van der Waals surface area contributed by atoms with Gasteiger partial charge in [0, 0.05) is 11.0 Å². The summed E-state index contributed by atoms with van der Waals surface area (Å²) in [5, 5.41) is 0. The predicted molar refractivity (Wildman–Crippen MR) is 177 cm³/mol. The highest BCUT2D eigenvalue weighted by Crippen LogP contribution is 2.49. The van der Waals surface area contributed by atoms with Crippen LogP contribution in [0.25, 0.3) is 50.4 Å². The van der Waals surface area contributed by atoms with Crippen LogP contribution in [0.15, 0.2) is 162 Å². The van der Waals surface area contributed by atoms with E-state index in [1.807, 2.05) is 24.3 Å². The van der Waals surface area contributed by atoms with Crippen molar-refractivity contribution in [2.45, 2.75) is 12.3 Å². The van der Waals surface area contributed by atoms with E-state index in [2.05, 4.69) is 140 Å². The second-order valence-corrected chi connectivity index (χ2v) is 11.4. The van der Waals surface area contributed by atoms with Crippen LogP contribution in [0.3, 0.4) is 0 Å². The summed E-state index contributed by atoms with van der Waals surface area (Å²) in [4.78, 5) is 4.78. The first-order valence-electron chi connectivity index (χ1n) is 14.7. The lowest BCUT2D eigenvalue weighted by molar-refractivity contribution is 0.620. The molecule has 6 aromatic carbocycles. The Kier molecular flexibility index (Phi) is 5.94. The second-order valence-electron chi connectivity index (χ2n) is 11.4. The minimum Gasteiger partial charge on any atom is -0.436 e. The van der Waals surface area contributed by atoms with Gasteiger partial charge in [-0.1, -0.05) is 127 Å². The highest BCUT2D eigenvalue weighted by molar-refractivity contribution is 5.92. The molecule has 0 radical (unpaired) electrons. The zero-order valence-corrected chi connectivity index (χ0v) is 23.9. The molecule has 0 fully saturated rings. The molecule has 1 aromatic heterocycles. The third-order valence-electron chi connectivity index (χ3n) is 8.72. The molecular formula is C41H29NO. The molecule has 0 saturated heterocycles. The van der Waals surface area contributed by atoms with Gasteiger partial charge in [-0.05, 0) is 87.3 Å². The number of aromatic nitrogens is 1. The molecule has 0 spiro atoms. The van der Waals surface area contributed by atoms with Gasteiger partial charge in [0.15, 0.2) is 5.58 Å². The van der Waals surface area contributed by atoms with Crippen LogP contribution in [0, 0.1) is 0 Å². The maximum absolute atomic E-state index is 6.16. The van der Waals surface area contributed by atoms with Gasteiger partial charge < -0.3 is 4.42 Å². The monoisotopic (exact) mass is 551 g/mol. The van der Waals surface area contributed by atoms with Crippen LogP contribution in [0.2, 0.25) is 0 Å². The Hall–Kier alpha value is -5.47. The molecule has 8 rings (SSSR count). The molecule has 1 unspecified atom stereocenters. The third-order valence-corrected chi connectivity index (χ3v) is 8.72. The van der Waals surface area contributed by atoms with E-state index in [-0.39, 0.29) is 5.41 Å². The van der Waals surface area contributed by atoms with Crippen LogP contribution in [-0.2, 0) is 5.41 Å². The van der Waals surface area contributed by atoms with Crippen LogP contribution in [0.1, 0.15) is 29.2 Å². The van der Waals surface area contributed by atoms with E-state index < -0.39 is 0 Å². The van der Waals surface area contributed by atoms with E-state index in [4.69, 9.17) is 9.40 Å². The van der Waals surface area contributed by atoms with Gasteiger partial charge in [0.1, 0.15) is 5.52 Å². The zero-order chi connectivity index (χ0) is 28.8. The van der Waals surface area contributed by atoms with E-state index >= 15 is 0 Å². The lowest BCUT2D eigenvalue weighted by Gasteiger charge is -2.26. The first-order chi connectivity index (χ1) is 21.2. The smallest absolute Gasteiger partial charge is 0.227 e. The Morgan fingerprint density at radius 3 is 1.88 bits per heavy atom. The van der Waals surface area contributed by atoms with Crippen molar-refractivity contribution in [3.05, 3.63) is 180 Å². The van der Waals surface area contributed by atoms with Gasteiger partial charge in [-0.25, -0.2) is 4.98 Å². The number of fused-ring (bicyclic) bond motifs is 2. The van der Waals surface area contributed by atoms with Crippen molar-refractivity contribution in [2.24, 2.45) is 0 Å². The molecule has 0 aliphatic heterocycles. The fraction of sp³-hybridized carbons (Fsp3) is 0.0488. The topological polar surface area (TPSA) is 26.0 Å². The minimum absolute atomic E-state index is 0.261. The number of para-hydroxylation sites is 2. The molecule has 1 heterocycles. The first-order valence-corrected chi connectivity index (χ1v) is 14.7. The summed E-state index contributed by atoms with van der Waals surface area (Å²) in [5.41, 5.74) is 13.4. The average Bonchev–Trinajstić information content (AvgIpc) is 3.65. The zero-order valence-electron chi connectivity index (χ0n) is 23.9. The standard InChI is InChI=1S/C41H29NO/c1-41(32-17-9-4-10-18-32)27-36(29-15-7-3-8-16-29)34-24-21-30(26-37(34)41)33-23-22-31(25-35(33)28-13-5-2-6-14-28)40-42-38-19-11-12-20-39(38)43-40/h2-27H,1H3. The number of hydrogen-bond acceptors (Lipinski definition) is 2. The molecular weight excluding hydrogens is 522 g/mol. The van der Waals surface area contributed by atoms with Crippen molar-refractivity contribution < 1.29 is 4.42 Å². The molecule has 1 aliphatic carbocycles. The fourth-order valence-corrected chi connectivity index (χ4v) is 6.48. The molecule has 0 N–H and O–H groups in total. The van der Waals surface area contributed by atoms with E-state index in [0.717, 1.165) is 27.8 Å². The number of nitrogens with zero attached hydrogens (tertiary/aromatic N) is 1. The molecule has 204 valence electrons. The molecule has 7 aromatic rings. The van der Waals surface area contributed by atoms with Gasteiger partial charge in [-0.15, -0.1) is 0 Å². The van der Waals surface area contributed by atoms with Crippen molar-refractivity contribution in [2.75, 3.05) is 0 Å². The van der Waals surface area contributed by atoms with Crippen LogP contribution in [-0.4, -0.2) is 4.98 Å².